The second kappa shape index (κ2) is 7.21. The monoisotopic (exact) mass is 346 g/mol. The molecule has 5 heteroatoms. The molecule has 0 unspecified atom stereocenters. The summed E-state index contributed by atoms with van der Waals surface area (Å²) in [5.41, 5.74) is 1.32. The standard InChI is InChI=1S/C19H26N2O2S/c1-15(18-10-9-17-7-3-4-8-19(17)12-18)21-11-5-6-16(14-21)13-20-24(2,22)23/h3-4,7-10,12,15-16,20H,5-6,11,13-14H2,1-2H3/t15-,16-/m0/s1. The fraction of sp³-hybridized carbons (Fsp3) is 0.474. The van der Waals surface area contributed by atoms with Crippen LogP contribution in [0.2, 0.25) is 0 Å². The molecule has 1 heterocycles. The van der Waals surface area contributed by atoms with E-state index >= 15 is 0 Å². The van der Waals surface area contributed by atoms with Gasteiger partial charge in [0.2, 0.25) is 10.0 Å². The van der Waals surface area contributed by atoms with Crippen molar-refractivity contribution in [3.63, 3.8) is 0 Å². The van der Waals surface area contributed by atoms with Gasteiger partial charge in [-0.15, -0.1) is 0 Å². The highest BCUT2D eigenvalue weighted by molar-refractivity contribution is 7.88. The second-order valence-corrected chi connectivity index (χ2v) is 8.74. The van der Waals surface area contributed by atoms with Crippen LogP contribution in [-0.2, 0) is 10.0 Å². The van der Waals surface area contributed by atoms with Gasteiger partial charge >= 0.3 is 0 Å². The number of nitrogens with one attached hydrogen (secondary N) is 1. The van der Waals surface area contributed by atoms with Crippen molar-refractivity contribution in [1.82, 2.24) is 9.62 Å². The molecule has 0 bridgehead atoms. The van der Waals surface area contributed by atoms with E-state index in [2.05, 4.69) is 59.0 Å². The van der Waals surface area contributed by atoms with Crippen LogP contribution in [0.4, 0.5) is 0 Å². The minimum atomic E-state index is -3.11. The number of sulfonamides is 1. The van der Waals surface area contributed by atoms with E-state index in [9.17, 15) is 8.42 Å². The first kappa shape index (κ1) is 17.4. The number of likely N-dealkylation sites (tertiary alicyclic amines) is 1. The summed E-state index contributed by atoms with van der Waals surface area (Å²) in [4.78, 5) is 2.47. The van der Waals surface area contributed by atoms with Crippen LogP contribution < -0.4 is 4.72 Å². The molecular formula is C19H26N2O2S. The molecule has 0 aliphatic carbocycles. The Labute approximate surface area is 144 Å². The van der Waals surface area contributed by atoms with E-state index in [1.165, 1.54) is 22.6 Å². The number of rotatable bonds is 5. The lowest BCUT2D eigenvalue weighted by Crippen LogP contribution is -2.41. The van der Waals surface area contributed by atoms with Gasteiger partial charge < -0.3 is 0 Å². The van der Waals surface area contributed by atoms with Crippen LogP contribution in [0, 0.1) is 5.92 Å². The Balaban J connectivity index is 1.69. The Hall–Kier alpha value is -1.43. The molecule has 2 atom stereocenters. The van der Waals surface area contributed by atoms with Crippen molar-refractivity contribution in [2.75, 3.05) is 25.9 Å². The van der Waals surface area contributed by atoms with Gasteiger partial charge in [0.1, 0.15) is 0 Å². The molecule has 1 aliphatic heterocycles. The summed E-state index contributed by atoms with van der Waals surface area (Å²) in [6.45, 7) is 4.80. The number of hydrogen-bond acceptors (Lipinski definition) is 3. The molecule has 4 nitrogen and oxygen atoms in total. The van der Waals surface area contributed by atoms with Crippen molar-refractivity contribution in [2.24, 2.45) is 5.92 Å². The van der Waals surface area contributed by atoms with Crippen LogP contribution in [0.3, 0.4) is 0 Å². The summed E-state index contributed by atoms with van der Waals surface area (Å²) in [7, 11) is -3.11. The fourth-order valence-corrected chi connectivity index (χ4v) is 4.10. The highest BCUT2D eigenvalue weighted by atomic mass is 32.2. The Morgan fingerprint density at radius 3 is 2.71 bits per heavy atom. The smallest absolute Gasteiger partial charge is 0.208 e. The van der Waals surface area contributed by atoms with E-state index in [1.807, 2.05) is 0 Å². The summed E-state index contributed by atoms with van der Waals surface area (Å²) in [6.07, 6.45) is 3.43. The number of nitrogens with zero attached hydrogens (tertiary/aromatic N) is 1. The Morgan fingerprint density at radius 2 is 1.96 bits per heavy atom. The van der Waals surface area contributed by atoms with Gasteiger partial charge in [-0.25, -0.2) is 13.1 Å². The van der Waals surface area contributed by atoms with E-state index in [4.69, 9.17) is 0 Å². The fourth-order valence-electron chi connectivity index (χ4n) is 3.56. The SMILES string of the molecule is C[C@@H](c1ccc2ccccc2c1)N1CCC[C@@H](CNS(C)(=O)=O)C1. The maximum atomic E-state index is 11.3. The first-order valence-electron chi connectivity index (χ1n) is 8.60. The summed E-state index contributed by atoms with van der Waals surface area (Å²) in [6, 6.07) is 15.5. The minimum absolute atomic E-state index is 0.343. The molecule has 3 rings (SSSR count). The van der Waals surface area contributed by atoms with Gasteiger partial charge in [-0.05, 0) is 54.6 Å². The number of piperidine rings is 1. The van der Waals surface area contributed by atoms with Gasteiger partial charge in [-0.1, -0.05) is 36.4 Å². The molecule has 1 aliphatic rings. The van der Waals surface area contributed by atoms with Crippen molar-refractivity contribution in [3.8, 4) is 0 Å². The van der Waals surface area contributed by atoms with Crippen molar-refractivity contribution in [1.29, 1.82) is 0 Å². The minimum Gasteiger partial charge on any atom is -0.296 e. The summed E-state index contributed by atoms with van der Waals surface area (Å²) in [5, 5.41) is 2.54. The van der Waals surface area contributed by atoms with E-state index in [0.717, 1.165) is 25.9 Å². The average Bonchev–Trinajstić information content (AvgIpc) is 2.58. The normalized spacial score (nSPS) is 21.0. The molecule has 1 saturated heterocycles. The van der Waals surface area contributed by atoms with Gasteiger partial charge in [0.25, 0.3) is 0 Å². The zero-order chi connectivity index (χ0) is 17.2. The van der Waals surface area contributed by atoms with Crippen LogP contribution in [-0.4, -0.2) is 39.2 Å². The van der Waals surface area contributed by atoms with Crippen LogP contribution in [0.15, 0.2) is 42.5 Å². The third-order valence-electron chi connectivity index (χ3n) is 4.99. The van der Waals surface area contributed by atoms with Gasteiger partial charge in [0.05, 0.1) is 6.26 Å². The van der Waals surface area contributed by atoms with Crippen molar-refractivity contribution in [2.45, 2.75) is 25.8 Å². The highest BCUT2D eigenvalue weighted by Crippen LogP contribution is 2.28. The zero-order valence-electron chi connectivity index (χ0n) is 14.4. The first-order chi connectivity index (χ1) is 11.4. The van der Waals surface area contributed by atoms with Crippen LogP contribution in [0.25, 0.3) is 10.8 Å². The Bertz CT molecular complexity index is 804. The van der Waals surface area contributed by atoms with E-state index in [0.29, 0.717) is 18.5 Å². The van der Waals surface area contributed by atoms with Gasteiger partial charge in [0, 0.05) is 19.1 Å². The molecule has 2 aromatic carbocycles. The molecule has 1 N–H and O–H groups in total. The molecule has 0 radical (unpaired) electrons. The van der Waals surface area contributed by atoms with E-state index in [-0.39, 0.29) is 0 Å². The molecule has 0 aromatic heterocycles. The average molecular weight is 346 g/mol. The molecular weight excluding hydrogens is 320 g/mol. The van der Waals surface area contributed by atoms with Crippen molar-refractivity contribution >= 4 is 20.8 Å². The molecule has 0 spiro atoms. The lowest BCUT2D eigenvalue weighted by molar-refractivity contribution is 0.133. The number of benzene rings is 2. The molecule has 2 aromatic rings. The topological polar surface area (TPSA) is 49.4 Å². The molecule has 0 amide bonds. The number of hydrogen-bond donors (Lipinski definition) is 1. The van der Waals surface area contributed by atoms with Gasteiger partial charge in [-0.3, -0.25) is 4.90 Å². The van der Waals surface area contributed by atoms with Crippen molar-refractivity contribution in [3.05, 3.63) is 48.0 Å². The third kappa shape index (κ3) is 4.35. The molecule has 24 heavy (non-hydrogen) atoms. The quantitative estimate of drug-likeness (QED) is 0.905. The van der Waals surface area contributed by atoms with Crippen molar-refractivity contribution < 1.29 is 8.42 Å². The van der Waals surface area contributed by atoms with E-state index in [1.54, 1.807) is 0 Å². The zero-order valence-corrected chi connectivity index (χ0v) is 15.2. The van der Waals surface area contributed by atoms with Gasteiger partial charge in [0.15, 0.2) is 0 Å². The third-order valence-corrected chi connectivity index (χ3v) is 5.68. The Kier molecular flexibility index (Phi) is 5.23. The second-order valence-electron chi connectivity index (χ2n) is 6.91. The Morgan fingerprint density at radius 1 is 1.21 bits per heavy atom. The van der Waals surface area contributed by atoms with Gasteiger partial charge in [-0.2, -0.15) is 0 Å². The van der Waals surface area contributed by atoms with Crippen LogP contribution in [0.5, 0.6) is 0 Å². The lowest BCUT2D eigenvalue weighted by Gasteiger charge is -2.37. The maximum Gasteiger partial charge on any atom is 0.208 e. The largest absolute Gasteiger partial charge is 0.296 e. The lowest BCUT2D eigenvalue weighted by atomic mass is 9.94. The summed E-state index contributed by atoms with van der Waals surface area (Å²) < 4.78 is 25.3. The molecule has 0 saturated carbocycles. The predicted molar refractivity (Wildman–Crippen MR) is 99.5 cm³/mol. The molecule has 130 valence electrons. The predicted octanol–water partition coefficient (Wildman–Crippen LogP) is 3.16. The highest BCUT2D eigenvalue weighted by Gasteiger charge is 2.25. The molecule has 1 fully saturated rings. The first-order valence-corrected chi connectivity index (χ1v) is 10.5. The summed E-state index contributed by atoms with van der Waals surface area (Å²) in [5.74, 6) is 0.386. The summed E-state index contributed by atoms with van der Waals surface area (Å²) >= 11 is 0. The van der Waals surface area contributed by atoms with E-state index < -0.39 is 10.0 Å². The maximum absolute atomic E-state index is 11.3. The number of fused-ring (bicyclic) bond motifs is 1. The van der Waals surface area contributed by atoms with Crippen LogP contribution >= 0.6 is 0 Å². The van der Waals surface area contributed by atoms with Crippen LogP contribution in [0.1, 0.15) is 31.4 Å².